The summed E-state index contributed by atoms with van der Waals surface area (Å²) in [6, 6.07) is 0. The van der Waals surface area contributed by atoms with Crippen molar-refractivity contribution in [3.63, 3.8) is 0 Å². The van der Waals surface area contributed by atoms with Crippen LogP contribution in [-0.4, -0.2) is 28.6 Å². The highest BCUT2D eigenvalue weighted by Crippen LogP contribution is 2.50. The Morgan fingerprint density at radius 3 is 1.30 bits per heavy atom. The van der Waals surface area contributed by atoms with E-state index in [1.54, 1.807) is 0 Å². The summed E-state index contributed by atoms with van der Waals surface area (Å²) in [5.74, 6) is -8.07. The van der Waals surface area contributed by atoms with Gasteiger partial charge in [0.05, 0.1) is 11.9 Å². The summed E-state index contributed by atoms with van der Waals surface area (Å²) in [6.45, 7) is 11.7. The maximum atomic E-state index is 13.1. The molecule has 0 amide bonds. The molecular weight excluding hydrogens is 472 g/mol. The lowest BCUT2D eigenvalue weighted by molar-refractivity contribution is -0.366. The molecule has 0 aliphatic rings. The van der Waals surface area contributed by atoms with Gasteiger partial charge in [0, 0.05) is 17.3 Å². The fraction of sp³-hybridized carbons (Fsp3) is 0.900. The third-order valence-corrected chi connectivity index (χ3v) is 8.69. The second-order valence-electron chi connectivity index (χ2n) is 11.2. The van der Waals surface area contributed by atoms with Gasteiger partial charge < -0.3 is 34.8 Å². The number of hydrogen-bond acceptors (Lipinski definition) is 7. The molecule has 0 saturated carbocycles. The lowest BCUT2D eigenvalue weighted by Crippen LogP contribution is -2.71. The molecule has 0 saturated heterocycles. The van der Waals surface area contributed by atoms with Gasteiger partial charge >= 0.3 is 0 Å². The van der Waals surface area contributed by atoms with Gasteiger partial charge in [-0.2, -0.15) is 0 Å². The average molecular weight is 526 g/mol. The van der Waals surface area contributed by atoms with Crippen LogP contribution >= 0.6 is 0 Å². The van der Waals surface area contributed by atoms with Crippen LogP contribution < -0.4 is 15.3 Å². The molecule has 0 aromatic heterocycles. The van der Waals surface area contributed by atoms with E-state index in [9.17, 15) is 34.8 Å². The molecule has 7 heteroatoms. The Labute approximate surface area is 225 Å². The Kier molecular flexibility index (Phi) is 17.0. The first kappa shape index (κ1) is 35.4. The van der Waals surface area contributed by atoms with Crippen LogP contribution in [0, 0.1) is 29.1 Å². The number of carbonyl (C=O) groups is 3. The van der Waals surface area contributed by atoms with E-state index in [4.69, 9.17) is 0 Å². The molecule has 0 radical (unpaired) electrons. The molecule has 7 nitrogen and oxygen atoms in total. The van der Waals surface area contributed by atoms with Gasteiger partial charge in [-0.05, 0) is 37.0 Å². The molecule has 0 bridgehead atoms. The predicted molar refractivity (Wildman–Crippen MR) is 140 cm³/mol. The SMILES string of the molecule is CCCCC(CC)CC(C(=O)[O-])C(O)(C(=O)[O-])C(CC(CC)CCCC)(CC(CC)CCCC)C(=O)[O-]. The standard InChI is InChI=1S/C30H56O7/c1-7-13-16-22(10-4)19-25(26(31)32)30(37,28(35)36)29(27(33)34,20-23(11-5)17-14-8-2)21-24(12-6)18-15-9-3/h22-25,37H,7-21H2,1-6H3,(H,31,32)(H,33,34)(H,35,36)/p-3. The maximum absolute atomic E-state index is 13.1. The van der Waals surface area contributed by atoms with Crippen LogP contribution in [0.2, 0.25) is 0 Å². The van der Waals surface area contributed by atoms with Crippen molar-refractivity contribution >= 4 is 17.9 Å². The minimum absolute atomic E-state index is 0.172. The van der Waals surface area contributed by atoms with Crippen LogP contribution in [-0.2, 0) is 14.4 Å². The molecular formula is C30H53O7-3. The van der Waals surface area contributed by atoms with E-state index in [2.05, 4.69) is 0 Å². The molecule has 0 fully saturated rings. The van der Waals surface area contributed by atoms with Crippen LogP contribution in [0.5, 0.6) is 0 Å². The summed E-state index contributed by atoms with van der Waals surface area (Å²) < 4.78 is 0. The fourth-order valence-corrected chi connectivity index (χ4v) is 6.01. The molecule has 0 aromatic carbocycles. The van der Waals surface area contributed by atoms with Crippen molar-refractivity contribution in [2.24, 2.45) is 29.1 Å². The van der Waals surface area contributed by atoms with Crippen molar-refractivity contribution < 1.29 is 34.8 Å². The first-order chi connectivity index (χ1) is 17.4. The summed E-state index contributed by atoms with van der Waals surface area (Å²) in [5, 5.41) is 50.5. The van der Waals surface area contributed by atoms with E-state index in [0.717, 1.165) is 38.5 Å². The Morgan fingerprint density at radius 2 is 1.03 bits per heavy atom. The Hall–Kier alpha value is -1.63. The molecule has 0 heterocycles. The lowest BCUT2D eigenvalue weighted by atomic mass is 9.56. The number of hydrogen-bond donors (Lipinski definition) is 1. The Bertz CT molecular complexity index is 659. The zero-order valence-electron chi connectivity index (χ0n) is 24.3. The highest BCUT2D eigenvalue weighted by atomic mass is 16.4. The van der Waals surface area contributed by atoms with Crippen molar-refractivity contribution in [2.45, 2.75) is 143 Å². The number of aliphatic hydroxyl groups is 1. The van der Waals surface area contributed by atoms with Crippen molar-refractivity contribution in [3.05, 3.63) is 0 Å². The van der Waals surface area contributed by atoms with Gasteiger partial charge in [-0.1, -0.05) is 119 Å². The van der Waals surface area contributed by atoms with Crippen LogP contribution in [0.15, 0.2) is 0 Å². The lowest BCUT2D eigenvalue weighted by Gasteiger charge is -2.55. The van der Waals surface area contributed by atoms with E-state index < -0.39 is 34.8 Å². The topological polar surface area (TPSA) is 141 Å². The smallest absolute Gasteiger partial charge is 0.123 e. The summed E-state index contributed by atoms with van der Waals surface area (Å²) in [6.07, 6.45) is 8.25. The van der Waals surface area contributed by atoms with E-state index in [0.29, 0.717) is 38.5 Å². The van der Waals surface area contributed by atoms with Gasteiger partial charge in [-0.25, -0.2) is 0 Å². The van der Waals surface area contributed by atoms with E-state index in [1.807, 2.05) is 41.5 Å². The normalized spacial score (nSPS) is 18.2. The maximum Gasteiger partial charge on any atom is 0.123 e. The molecule has 0 rings (SSSR count). The van der Waals surface area contributed by atoms with Crippen LogP contribution in [0.3, 0.4) is 0 Å². The number of carbonyl (C=O) groups excluding carboxylic acids is 3. The highest BCUT2D eigenvalue weighted by Gasteiger charge is 2.58. The second-order valence-corrected chi connectivity index (χ2v) is 11.2. The summed E-state index contributed by atoms with van der Waals surface area (Å²) in [5.41, 5.74) is -5.48. The third kappa shape index (κ3) is 9.56. The Balaban J connectivity index is 7.05. The largest absolute Gasteiger partial charge is 0.550 e. The Morgan fingerprint density at radius 1 is 0.649 bits per heavy atom. The van der Waals surface area contributed by atoms with Crippen molar-refractivity contribution in [1.82, 2.24) is 0 Å². The number of rotatable bonds is 23. The minimum atomic E-state index is -3.16. The van der Waals surface area contributed by atoms with E-state index in [1.165, 1.54) is 0 Å². The number of aliphatic carboxylic acids is 3. The molecule has 0 aromatic rings. The van der Waals surface area contributed by atoms with E-state index >= 15 is 0 Å². The van der Waals surface area contributed by atoms with Gasteiger partial charge in [0.1, 0.15) is 5.60 Å². The summed E-state index contributed by atoms with van der Waals surface area (Å²) in [7, 11) is 0. The monoisotopic (exact) mass is 525 g/mol. The number of carboxylic acids is 3. The molecule has 0 aliphatic carbocycles. The second kappa shape index (κ2) is 17.8. The van der Waals surface area contributed by atoms with Crippen molar-refractivity contribution in [3.8, 4) is 0 Å². The van der Waals surface area contributed by atoms with Gasteiger partial charge in [0.15, 0.2) is 0 Å². The third-order valence-electron chi connectivity index (χ3n) is 8.69. The van der Waals surface area contributed by atoms with Crippen LogP contribution in [0.1, 0.15) is 138 Å². The van der Waals surface area contributed by atoms with Gasteiger partial charge in [-0.3, -0.25) is 0 Å². The molecule has 5 atom stereocenters. The highest BCUT2D eigenvalue weighted by molar-refractivity contribution is 5.91. The van der Waals surface area contributed by atoms with Crippen LogP contribution in [0.25, 0.3) is 0 Å². The first-order valence-corrected chi connectivity index (χ1v) is 14.8. The van der Waals surface area contributed by atoms with Crippen molar-refractivity contribution in [1.29, 1.82) is 0 Å². The van der Waals surface area contributed by atoms with Gasteiger partial charge in [0.25, 0.3) is 0 Å². The molecule has 37 heavy (non-hydrogen) atoms. The number of carboxylic acid groups (broad SMARTS) is 3. The average Bonchev–Trinajstić information content (AvgIpc) is 2.87. The quantitative estimate of drug-likeness (QED) is 0.215. The molecule has 0 aliphatic heterocycles. The fourth-order valence-electron chi connectivity index (χ4n) is 6.01. The minimum Gasteiger partial charge on any atom is -0.550 e. The van der Waals surface area contributed by atoms with Crippen molar-refractivity contribution in [2.75, 3.05) is 0 Å². The molecule has 0 spiro atoms. The molecule has 1 N–H and O–H groups in total. The zero-order valence-corrected chi connectivity index (χ0v) is 24.3. The predicted octanol–water partition coefficient (Wildman–Crippen LogP) is 3.39. The summed E-state index contributed by atoms with van der Waals surface area (Å²) >= 11 is 0. The molecule has 218 valence electrons. The van der Waals surface area contributed by atoms with Gasteiger partial charge in [-0.15, -0.1) is 0 Å². The number of unbranched alkanes of at least 4 members (excludes halogenated alkanes) is 3. The van der Waals surface area contributed by atoms with E-state index in [-0.39, 0.29) is 37.0 Å². The van der Waals surface area contributed by atoms with Crippen LogP contribution in [0.4, 0.5) is 0 Å². The molecule has 5 unspecified atom stereocenters. The zero-order chi connectivity index (χ0) is 28.6. The first-order valence-electron chi connectivity index (χ1n) is 14.8. The summed E-state index contributed by atoms with van der Waals surface area (Å²) in [4.78, 5) is 38.5. The van der Waals surface area contributed by atoms with Gasteiger partial charge in [0.2, 0.25) is 0 Å².